The predicted molar refractivity (Wildman–Crippen MR) is 89.5 cm³/mol. The predicted octanol–water partition coefficient (Wildman–Crippen LogP) is 2.57. The maximum Gasteiger partial charge on any atom is 0.321 e. The highest BCUT2D eigenvalue weighted by atomic mass is 35.5. The number of piperazine rings is 1. The number of aliphatic hydroxyl groups is 1. The molecule has 0 unspecified atom stereocenters. The van der Waals surface area contributed by atoms with Gasteiger partial charge in [-0.25, -0.2) is 4.79 Å². The second-order valence-corrected chi connectivity index (χ2v) is 6.01. The first-order chi connectivity index (χ1) is 10.6. The van der Waals surface area contributed by atoms with Crippen molar-refractivity contribution in [3.8, 4) is 0 Å². The minimum absolute atomic E-state index is 0.121. The van der Waals surface area contributed by atoms with E-state index < -0.39 is 0 Å². The van der Waals surface area contributed by atoms with Crippen LogP contribution in [0.15, 0.2) is 18.2 Å². The van der Waals surface area contributed by atoms with Crippen molar-refractivity contribution < 1.29 is 9.90 Å². The van der Waals surface area contributed by atoms with Crippen LogP contribution in [-0.2, 0) is 0 Å². The zero-order chi connectivity index (χ0) is 16.1. The molecule has 1 aromatic carbocycles. The molecule has 0 spiro atoms. The fraction of sp³-hybridized carbons (Fsp3) is 0.562. The van der Waals surface area contributed by atoms with Gasteiger partial charge < -0.3 is 15.3 Å². The Kier molecular flexibility index (Phi) is 6.06. The highest BCUT2D eigenvalue weighted by molar-refractivity contribution is 6.34. The van der Waals surface area contributed by atoms with Crippen molar-refractivity contribution in [2.45, 2.75) is 26.3 Å². The highest BCUT2D eigenvalue weighted by Crippen LogP contribution is 2.25. The summed E-state index contributed by atoms with van der Waals surface area (Å²) in [6.45, 7) is 7.04. The molecule has 1 aromatic rings. The summed E-state index contributed by atoms with van der Waals surface area (Å²) in [5.74, 6) is 0. The number of urea groups is 1. The Hall–Kier alpha value is -1.30. The molecule has 0 radical (unpaired) electrons. The van der Waals surface area contributed by atoms with Gasteiger partial charge in [0, 0.05) is 32.2 Å². The van der Waals surface area contributed by atoms with E-state index in [1.807, 2.05) is 25.1 Å². The molecule has 5 nitrogen and oxygen atoms in total. The Morgan fingerprint density at radius 1 is 1.36 bits per heavy atom. The van der Waals surface area contributed by atoms with Gasteiger partial charge >= 0.3 is 6.03 Å². The number of hydrogen-bond donors (Lipinski definition) is 2. The Morgan fingerprint density at radius 3 is 2.64 bits per heavy atom. The first-order valence-electron chi connectivity index (χ1n) is 7.72. The third-order valence-electron chi connectivity index (χ3n) is 4.23. The van der Waals surface area contributed by atoms with Crippen LogP contribution in [0.25, 0.3) is 0 Å². The van der Waals surface area contributed by atoms with Gasteiger partial charge in [0.15, 0.2) is 0 Å². The molecule has 2 N–H and O–H groups in total. The normalized spacial score (nSPS) is 17.4. The van der Waals surface area contributed by atoms with E-state index in [9.17, 15) is 9.90 Å². The third-order valence-corrected chi connectivity index (χ3v) is 4.73. The van der Waals surface area contributed by atoms with E-state index in [-0.39, 0.29) is 18.7 Å². The zero-order valence-electron chi connectivity index (χ0n) is 13.2. The van der Waals surface area contributed by atoms with Gasteiger partial charge in [-0.15, -0.1) is 0 Å². The van der Waals surface area contributed by atoms with Gasteiger partial charge in [-0.1, -0.05) is 30.7 Å². The summed E-state index contributed by atoms with van der Waals surface area (Å²) in [6.07, 6.45) is 0.918. The molecule has 1 saturated heterocycles. The van der Waals surface area contributed by atoms with Crippen molar-refractivity contribution in [2.75, 3.05) is 38.1 Å². The van der Waals surface area contributed by atoms with Gasteiger partial charge in [-0.05, 0) is 25.0 Å². The summed E-state index contributed by atoms with van der Waals surface area (Å²) in [4.78, 5) is 16.4. The minimum atomic E-state index is -0.121. The van der Waals surface area contributed by atoms with E-state index in [0.717, 1.165) is 25.1 Å². The molecule has 1 aliphatic heterocycles. The first-order valence-corrected chi connectivity index (χ1v) is 8.10. The lowest BCUT2D eigenvalue weighted by Crippen LogP contribution is -2.53. The number of aryl methyl sites for hydroxylation is 1. The van der Waals surface area contributed by atoms with Gasteiger partial charge in [0.25, 0.3) is 0 Å². The lowest BCUT2D eigenvalue weighted by Gasteiger charge is -2.38. The standard InChI is InChI=1S/C16H24ClN3O2/c1-3-13(11-21)19-7-9-20(10-8-19)16(22)18-14-6-4-5-12(2)15(14)17/h4-6,13,21H,3,7-11H2,1-2H3,(H,18,22)/t13-/m0/s1. The Balaban J connectivity index is 1.91. The van der Waals surface area contributed by atoms with Gasteiger partial charge in [0.1, 0.15) is 0 Å². The number of nitrogens with one attached hydrogen (secondary N) is 1. The van der Waals surface area contributed by atoms with Crippen LogP contribution in [0, 0.1) is 6.92 Å². The fourth-order valence-corrected chi connectivity index (χ4v) is 2.90. The zero-order valence-corrected chi connectivity index (χ0v) is 13.9. The number of halogens is 1. The van der Waals surface area contributed by atoms with Crippen LogP contribution in [0.1, 0.15) is 18.9 Å². The summed E-state index contributed by atoms with van der Waals surface area (Å²) < 4.78 is 0. The smallest absolute Gasteiger partial charge is 0.321 e. The van der Waals surface area contributed by atoms with Crippen molar-refractivity contribution in [2.24, 2.45) is 0 Å². The number of carbonyl (C=O) groups is 1. The summed E-state index contributed by atoms with van der Waals surface area (Å²) in [6, 6.07) is 5.67. The molecule has 1 heterocycles. The van der Waals surface area contributed by atoms with Crippen molar-refractivity contribution in [1.29, 1.82) is 0 Å². The first kappa shape index (κ1) is 17.1. The summed E-state index contributed by atoms with van der Waals surface area (Å²) in [7, 11) is 0. The summed E-state index contributed by atoms with van der Waals surface area (Å²) in [5.41, 5.74) is 1.59. The third kappa shape index (κ3) is 3.91. The molecule has 1 aliphatic rings. The number of carbonyl (C=O) groups excluding carboxylic acids is 1. The van der Waals surface area contributed by atoms with Gasteiger partial charge in [0.2, 0.25) is 0 Å². The van der Waals surface area contributed by atoms with Crippen LogP contribution >= 0.6 is 11.6 Å². The SMILES string of the molecule is CC[C@@H](CO)N1CCN(C(=O)Nc2cccc(C)c2Cl)CC1. The molecule has 122 valence electrons. The maximum absolute atomic E-state index is 12.3. The lowest BCUT2D eigenvalue weighted by molar-refractivity contribution is 0.0766. The molecule has 2 amide bonds. The number of anilines is 1. The van der Waals surface area contributed by atoms with Crippen molar-refractivity contribution in [3.05, 3.63) is 28.8 Å². The molecule has 0 aliphatic carbocycles. The van der Waals surface area contributed by atoms with E-state index in [0.29, 0.717) is 23.8 Å². The van der Waals surface area contributed by atoms with E-state index in [4.69, 9.17) is 11.6 Å². The van der Waals surface area contributed by atoms with E-state index in [1.165, 1.54) is 0 Å². The van der Waals surface area contributed by atoms with Crippen molar-refractivity contribution in [1.82, 2.24) is 9.80 Å². The molecule has 22 heavy (non-hydrogen) atoms. The molecule has 2 rings (SSSR count). The number of aliphatic hydroxyl groups excluding tert-OH is 1. The Labute approximate surface area is 136 Å². The van der Waals surface area contributed by atoms with Crippen LogP contribution in [0.5, 0.6) is 0 Å². The molecule has 0 aromatic heterocycles. The van der Waals surface area contributed by atoms with Crippen LogP contribution in [-0.4, -0.2) is 59.8 Å². The quantitative estimate of drug-likeness (QED) is 0.894. The number of amides is 2. The van der Waals surface area contributed by atoms with E-state index >= 15 is 0 Å². The fourth-order valence-electron chi connectivity index (χ4n) is 2.73. The summed E-state index contributed by atoms with van der Waals surface area (Å²) >= 11 is 6.21. The monoisotopic (exact) mass is 325 g/mol. The van der Waals surface area contributed by atoms with Crippen LogP contribution < -0.4 is 5.32 Å². The Bertz CT molecular complexity index is 512. The van der Waals surface area contributed by atoms with E-state index in [2.05, 4.69) is 17.1 Å². The topological polar surface area (TPSA) is 55.8 Å². The maximum atomic E-state index is 12.3. The largest absolute Gasteiger partial charge is 0.395 e. The van der Waals surface area contributed by atoms with Crippen LogP contribution in [0.2, 0.25) is 5.02 Å². The highest BCUT2D eigenvalue weighted by Gasteiger charge is 2.25. The molecule has 0 bridgehead atoms. The molecule has 6 heteroatoms. The average molecular weight is 326 g/mol. The molecule has 1 atom stereocenters. The number of rotatable bonds is 4. The lowest BCUT2D eigenvalue weighted by atomic mass is 10.1. The minimum Gasteiger partial charge on any atom is -0.395 e. The molecule has 0 saturated carbocycles. The second kappa shape index (κ2) is 7.81. The molecule has 1 fully saturated rings. The molecular weight excluding hydrogens is 302 g/mol. The van der Waals surface area contributed by atoms with E-state index in [1.54, 1.807) is 4.90 Å². The van der Waals surface area contributed by atoms with Crippen LogP contribution in [0.3, 0.4) is 0 Å². The second-order valence-electron chi connectivity index (χ2n) is 5.63. The van der Waals surface area contributed by atoms with Gasteiger partial charge in [-0.3, -0.25) is 4.90 Å². The van der Waals surface area contributed by atoms with Gasteiger partial charge in [0.05, 0.1) is 17.3 Å². The van der Waals surface area contributed by atoms with Crippen LogP contribution in [0.4, 0.5) is 10.5 Å². The number of nitrogens with zero attached hydrogens (tertiary/aromatic N) is 2. The number of hydrogen-bond acceptors (Lipinski definition) is 3. The van der Waals surface area contributed by atoms with Crippen molar-refractivity contribution >= 4 is 23.3 Å². The Morgan fingerprint density at radius 2 is 2.05 bits per heavy atom. The van der Waals surface area contributed by atoms with Gasteiger partial charge in [-0.2, -0.15) is 0 Å². The average Bonchev–Trinajstić information content (AvgIpc) is 2.53. The molecular formula is C16H24ClN3O2. The summed E-state index contributed by atoms with van der Waals surface area (Å²) in [5, 5.41) is 12.8. The number of benzene rings is 1. The van der Waals surface area contributed by atoms with Crippen molar-refractivity contribution in [3.63, 3.8) is 0 Å².